The molecule has 1 aromatic carbocycles. The van der Waals surface area contributed by atoms with Crippen molar-refractivity contribution in [3.8, 4) is 5.75 Å². The number of nitrogens with zero attached hydrogens (tertiary/aromatic N) is 1. The Morgan fingerprint density at radius 1 is 1.20 bits per heavy atom. The van der Waals surface area contributed by atoms with Gasteiger partial charge in [0.05, 0.1) is 23.3 Å². The fourth-order valence-corrected chi connectivity index (χ4v) is 5.11. The molecule has 0 aliphatic carbocycles. The van der Waals surface area contributed by atoms with Gasteiger partial charge < -0.3 is 20.1 Å². The van der Waals surface area contributed by atoms with E-state index in [2.05, 4.69) is 22.2 Å². The van der Waals surface area contributed by atoms with E-state index in [1.807, 2.05) is 6.07 Å². The Hall–Kier alpha value is -2.29. The topological polar surface area (TPSA) is 70.2 Å². The maximum atomic E-state index is 14.3. The molecule has 0 saturated carbocycles. The first-order chi connectivity index (χ1) is 16.4. The first kappa shape index (κ1) is 25.8. The number of ether oxygens (including phenoxy) is 1. The fraction of sp³-hybridized carbons (Fsp3) is 0.500. The van der Waals surface area contributed by atoms with Crippen LogP contribution in [0.15, 0.2) is 30.3 Å². The third-order valence-corrected chi connectivity index (χ3v) is 6.76. The second kappa shape index (κ2) is 9.64. The number of hydrogen-bond acceptors (Lipinski definition) is 4. The lowest BCUT2D eigenvalue weighted by molar-refractivity contribution is -0.266. The Bertz CT molecular complexity index is 1210. The molecule has 5 nitrogen and oxygen atoms in total. The second-order valence-corrected chi connectivity index (χ2v) is 10.5. The summed E-state index contributed by atoms with van der Waals surface area (Å²) in [5.74, 6) is 0.572. The molecule has 0 radical (unpaired) electrons. The molecule has 0 spiro atoms. The lowest BCUT2D eigenvalue weighted by atomic mass is 9.73. The van der Waals surface area contributed by atoms with Crippen LogP contribution in [0.3, 0.4) is 0 Å². The Balaban J connectivity index is 1.62. The van der Waals surface area contributed by atoms with Crippen molar-refractivity contribution in [2.45, 2.75) is 70.2 Å². The highest BCUT2D eigenvalue weighted by atomic mass is 35.5. The quantitative estimate of drug-likeness (QED) is 0.316. The standard InChI is InChI=1S/C26H31ClF3N3O2/c1-4-8-31-14-18-5-6-21-22(32-18)12-19(33-21)13-25(34,26(28,29)30)15-24(2,3)20-11-17(27)10-16-7-9-35-23(16)20/h5-6,10-12,31,33-34H,4,7-9,13-15H2,1-3H3. The van der Waals surface area contributed by atoms with Gasteiger partial charge in [-0.15, -0.1) is 0 Å². The largest absolute Gasteiger partial charge is 0.493 e. The maximum absolute atomic E-state index is 14.3. The van der Waals surface area contributed by atoms with Gasteiger partial charge in [0.2, 0.25) is 0 Å². The molecule has 4 rings (SSSR count). The molecular weight excluding hydrogens is 479 g/mol. The van der Waals surface area contributed by atoms with Crippen molar-refractivity contribution in [2.75, 3.05) is 13.2 Å². The number of benzene rings is 1. The SMILES string of the molecule is CCCNCc1ccc2[nH]c(CC(O)(CC(C)(C)c3cc(Cl)cc4c3OCC4)C(F)(F)F)cc2n1. The monoisotopic (exact) mass is 509 g/mol. The highest BCUT2D eigenvalue weighted by Crippen LogP contribution is 2.47. The van der Waals surface area contributed by atoms with Crippen molar-refractivity contribution in [1.82, 2.24) is 15.3 Å². The number of hydrogen-bond donors (Lipinski definition) is 3. The minimum Gasteiger partial charge on any atom is -0.493 e. The average Bonchev–Trinajstić information content (AvgIpc) is 3.37. The van der Waals surface area contributed by atoms with E-state index in [9.17, 15) is 18.3 Å². The van der Waals surface area contributed by atoms with Gasteiger partial charge in [0.1, 0.15) is 5.75 Å². The predicted molar refractivity (Wildman–Crippen MR) is 131 cm³/mol. The molecule has 35 heavy (non-hydrogen) atoms. The first-order valence-corrected chi connectivity index (χ1v) is 12.2. The van der Waals surface area contributed by atoms with Crippen molar-refractivity contribution in [3.05, 3.63) is 57.9 Å². The fourth-order valence-electron chi connectivity index (χ4n) is 4.87. The summed E-state index contributed by atoms with van der Waals surface area (Å²) in [6.07, 6.45) is -4.39. The molecule has 1 unspecified atom stereocenters. The van der Waals surface area contributed by atoms with Crippen LogP contribution in [0.1, 0.15) is 56.1 Å². The number of alkyl halides is 3. The maximum Gasteiger partial charge on any atom is 0.417 e. The smallest absolute Gasteiger partial charge is 0.417 e. The van der Waals surface area contributed by atoms with E-state index in [1.165, 1.54) is 0 Å². The molecule has 3 heterocycles. The van der Waals surface area contributed by atoms with E-state index < -0.39 is 30.0 Å². The van der Waals surface area contributed by atoms with E-state index in [1.54, 1.807) is 38.1 Å². The minimum absolute atomic E-state index is 0.273. The van der Waals surface area contributed by atoms with Crippen molar-refractivity contribution in [2.24, 2.45) is 0 Å². The number of aromatic amines is 1. The number of nitrogens with one attached hydrogen (secondary N) is 2. The van der Waals surface area contributed by atoms with Gasteiger partial charge in [-0.05, 0) is 60.7 Å². The number of rotatable bonds is 9. The van der Waals surface area contributed by atoms with E-state index >= 15 is 0 Å². The van der Waals surface area contributed by atoms with Gasteiger partial charge in [0.15, 0.2) is 5.60 Å². The normalized spacial score (nSPS) is 15.8. The first-order valence-electron chi connectivity index (χ1n) is 11.8. The Kier molecular flexibility index (Phi) is 7.10. The number of aliphatic hydroxyl groups is 1. The summed E-state index contributed by atoms with van der Waals surface area (Å²) in [6, 6.07) is 8.65. The summed E-state index contributed by atoms with van der Waals surface area (Å²) < 4.78 is 48.7. The highest BCUT2D eigenvalue weighted by molar-refractivity contribution is 6.30. The van der Waals surface area contributed by atoms with Crippen LogP contribution in [-0.4, -0.2) is 40.0 Å². The van der Waals surface area contributed by atoms with Crippen LogP contribution in [0, 0.1) is 0 Å². The van der Waals surface area contributed by atoms with Crippen LogP contribution in [0.2, 0.25) is 5.02 Å². The summed E-state index contributed by atoms with van der Waals surface area (Å²) in [6.45, 7) is 7.32. The van der Waals surface area contributed by atoms with E-state index in [-0.39, 0.29) is 5.69 Å². The van der Waals surface area contributed by atoms with E-state index in [0.717, 1.165) is 24.2 Å². The molecule has 0 saturated heterocycles. The van der Waals surface area contributed by atoms with Gasteiger partial charge >= 0.3 is 6.18 Å². The van der Waals surface area contributed by atoms with Gasteiger partial charge in [-0.3, -0.25) is 0 Å². The summed E-state index contributed by atoms with van der Waals surface area (Å²) in [4.78, 5) is 7.55. The van der Waals surface area contributed by atoms with Crippen LogP contribution in [0.4, 0.5) is 13.2 Å². The number of H-pyrrole nitrogens is 1. The molecule has 1 aliphatic rings. The average molecular weight is 510 g/mol. The minimum atomic E-state index is -4.85. The molecule has 0 amide bonds. The van der Waals surface area contributed by atoms with Crippen LogP contribution in [0.5, 0.6) is 5.75 Å². The predicted octanol–water partition coefficient (Wildman–Crippen LogP) is 5.85. The third-order valence-electron chi connectivity index (χ3n) is 6.54. The number of halogens is 4. The molecule has 3 aromatic rings. The molecule has 190 valence electrons. The van der Waals surface area contributed by atoms with Crippen molar-refractivity contribution >= 4 is 22.6 Å². The van der Waals surface area contributed by atoms with Gasteiger partial charge in [-0.1, -0.05) is 32.4 Å². The Morgan fingerprint density at radius 2 is 1.97 bits per heavy atom. The Morgan fingerprint density at radius 3 is 2.69 bits per heavy atom. The second-order valence-electron chi connectivity index (χ2n) is 10.0. The van der Waals surface area contributed by atoms with Crippen LogP contribution < -0.4 is 10.1 Å². The van der Waals surface area contributed by atoms with Crippen molar-refractivity contribution in [1.29, 1.82) is 0 Å². The molecule has 0 bridgehead atoms. The highest BCUT2D eigenvalue weighted by Gasteiger charge is 2.56. The summed E-state index contributed by atoms with van der Waals surface area (Å²) in [5, 5.41) is 14.8. The van der Waals surface area contributed by atoms with E-state index in [0.29, 0.717) is 46.9 Å². The molecule has 2 aromatic heterocycles. The third kappa shape index (κ3) is 5.44. The molecule has 1 aliphatic heterocycles. The van der Waals surface area contributed by atoms with Gasteiger partial charge in [-0.25, -0.2) is 4.98 Å². The van der Waals surface area contributed by atoms with Crippen LogP contribution in [-0.2, 0) is 24.8 Å². The molecular formula is C26H31ClF3N3O2. The van der Waals surface area contributed by atoms with Gasteiger partial charge in [0, 0.05) is 35.7 Å². The lowest BCUT2D eigenvalue weighted by Gasteiger charge is -2.38. The summed E-state index contributed by atoms with van der Waals surface area (Å²) in [5.41, 5.74) is -0.315. The zero-order valence-corrected chi connectivity index (χ0v) is 20.9. The van der Waals surface area contributed by atoms with Crippen LogP contribution >= 0.6 is 11.6 Å². The summed E-state index contributed by atoms with van der Waals surface area (Å²) in [7, 11) is 0. The summed E-state index contributed by atoms with van der Waals surface area (Å²) >= 11 is 6.27. The van der Waals surface area contributed by atoms with E-state index in [4.69, 9.17) is 16.3 Å². The number of pyridine rings is 1. The van der Waals surface area contributed by atoms with Gasteiger partial charge in [-0.2, -0.15) is 13.2 Å². The van der Waals surface area contributed by atoms with Crippen molar-refractivity contribution < 1.29 is 23.0 Å². The van der Waals surface area contributed by atoms with Gasteiger partial charge in [0.25, 0.3) is 0 Å². The molecule has 3 N–H and O–H groups in total. The number of aromatic nitrogens is 2. The zero-order valence-electron chi connectivity index (χ0n) is 20.2. The van der Waals surface area contributed by atoms with Crippen molar-refractivity contribution in [3.63, 3.8) is 0 Å². The molecule has 1 atom stereocenters. The molecule has 0 fully saturated rings. The Labute approximate surface area is 208 Å². The zero-order chi connectivity index (χ0) is 25.4. The lowest BCUT2D eigenvalue weighted by Crippen LogP contribution is -2.51. The number of fused-ring (bicyclic) bond motifs is 2. The molecule has 9 heteroatoms. The van der Waals surface area contributed by atoms with Crippen LogP contribution in [0.25, 0.3) is 11.0 Å².